The highest BCUT2D eigenvalue weighted by Gasteiger charge is 2.48. The van der Waals surface area contributed by atoms with Gasteiger partial charge in [0.2, 0.25) is 0 Å². The van der Waals surface area contributed by atoms with Gasteiger partial charge in [0, 0.05) is 17.4 Å². The predicted molar refractivity (Wildman–Crippen MR) is 133 cm³/mol. The second kappa shape index (κ2) is 15.1. The third-order valence-electron chi connectivity index (χ3n) is 8.12. The van der Waals surface area contributed by atoms with Gasteiger partial charge in [-0.05, 0) is 57.8 Å². The standard InChI is InChI=1S/C25H53O6P/c1-9-16-21(19-26)25(14-6,15-7)23(18-11-3)30-22(17-10-2)24(12-4,13-5)20(8)31-32(27,28)29/h20-23,26H,9-19H2,1-8H3,(H2,27,28,29). The summed E-state index contributed by atoms with van der Waals surface area (Å²) < 4.78 is 24.0. The van der Waals surface area contributed by atoms with E-state index in [1.165, 1.54) is 0 Å². The smallest absolute Gasteiger partial charge is 0.396 e. The molecule has 0 aromatic carbocycles. The Kier molecular flexibility index (Phi) is 15.1. The quantitative estimate of drug-likeness (QED) is 0.175. The SMILES string of the molecule is CCCC(CO)C(CC)(CC)C(CCC)OC(CCC)C(CC)(CC)C(C)OP(=O)(O)O. The van der Waals surface area contributed by atoms with E-state index < -0.39 is 19.3 Å². The van der Waals surface area contributed by atoms with Gasteiger partial charge in [0.05, 0.1) is 18.3 Å². The monoisotopic (exact) mass is 480 g/mol. The number of phosphoric acid groups is 1. The first-order valence-corrected chi connectivity index (χ1v) is 14.5. The zero-order chi connectivity index (χ0) is 25.0. The first kappa shape index (κ1) is 32.0. The average molecular weight is 481 g/mol. The molecule has 0 saturated heterocycles. The molecular weight excluding hydrogens is 427 g/mol. The third kappa shape index (κ3) is 8.06. The minimum atomic E-state index is -4.61. The van der Waals surface area contributed by atoms with Crippen LogP contribution in [0.2, 0.25) is 0 Å². The molecule has 0 fully saturated rings. The van der Waals surface area contributed by atoms with Crippen LogP contribution in [-0.4, -0.2) is 39.8 Å². The summed E-state index contributed by atoms with van der Waals surface area (Å²) in [5, 5.41) is 10.3. The lowest BCUT2D eigenvalue weighted by molar-refractivity contribution is -0.179. The van der Waals surface area contributed by atoms with E-state index in [9.17, 15) is 19.5 Å². The number of ether oxygens (including phenoxy) is 1. The molecular formula is C25H53O6P. The van der Waals surface area contributed by atoms with Crippen LogP contribution in [0.1, 0.15) is 120 Å². The van der Waals surface area contributed by atoms with Gasteiger partial charge in [-0.2, -0.15) is 0 Å². The summed E-state index contributed by atoms with van der Waals surface area (Å²) >= 11 is 0. The van der Waals surface area contributed by atoms with E-state index in [2.05, 4.69) is 48.5 Å². The van der Waals surface area contributed by atoms with E-state index in [4.69, 9.17) is 9.26 Å². The number of phosphoric ester groups is 1. The first-order valence-electron chi connectivity index (χ1n) is 13.0. The van der Waals surface area contributed by atoms with Gasteiger partial charge >= 0.3 is 7.82 Å². The van der Waals surface area contributed by atoms with Crippen LogP contribution < -0.4 is 0 Å². The largest absolute Gasteiger partial charge is 0.469 e. The molecule has 0 amide bonds. The van der Waals surface area contributed by atoms with Gasteiger partial charge in [-0.15, -0.1) is 0 Å². The van der Waals surface area contributed by atoms with Crippen molar-refractivity contribution in [1.82, 2.24) is 0 Å². The zero-order valence-electron chi connectivity index (χ0n) is 22.1. The molecule has 0 aromatic rings. The Hall–Kier alpha value is 0.0300. The van der Waals surface area contributed by atoms with Crippen molar-refractivity contribution < 1.29 is 28.7 Å². The number of hydrogen-bond acceptors (Lipinski definition) is 4. The molecule has 4 unspecified atom stereocenters. The van der Waals surface area contributed by atoms with E-state index in [1.807, 2.05) is 0 Å². The minimum absolute atomic E-state index is 0.0255. The predicted octanol–water partition coefficient (Wildman–Crippen LogP) is 6.86. The van der Waals surface area contributed by atoms with Crippen LogP contribution in [-0.2, 0) is 13.8 Å². The summed E-state index contributed by atoms with van der Waals surface area (Å²) in [7, 11) is -4.61. The fourth-order valence-electron chi connectivity index (χ4n) is 6.01. The van der Waals surface area contributed by atoms with E-state index >= 15 is 0 Å². The van der Waals surface area contributed by atoms with Crippen molar-refractivity contribution in [3.8, 4) is 0 Å². The zero-order valence-corrected chi connectivity index (χ0v) is 23.0. The second-order valence-corrected chi connectivity index (χ2v) is 10.7. The lowest BCUT2D eigenvalue weighted by Crippen LogP contribution is -2.51. The fraction of sp³-hybridized carbons (Fsp3) is 1.00. The van der Waals surface area contributed by atoms with Gasteiger partial charge in [0.25, 0.3) is 0 Å². The van der Waals surface area contributed by atoms with Crippen LogP contribution in [0.25, 0.3) is 0 Å². The molecule has 0 heterocycles. The lowest BCUT2D eigenvalue weighted by atomic mass is 9.64. The van der Waals surface area contributed by atoms with E-state index in [-0.39, 0.29) is 30.1 Å². The molecule has 0 aliphatic carbocycles. The van der Waals surface area contributed by atoms with Gasteiger partial charge < -0.3 is 19.6 Å². The molecule has 0 aliphatic heterocycles. The molecule has 0 radical (unpaired) electrons. The van der Waals surface area contributed by atoms with Gasteiger partial charge in [0.15, 0.2) is 0 Å². The number of aliphatic hydroxyl groups is 1. The summed E-state index contributed by atoms with van der Waals surface area (Å²) in [4.78, 5) is 19.0. The molecule has 0 saturated carbocycles. The number of hydrogen-bond donors (Lipinski definition) is 3. The van der Waals surface area contributed by atoms with Gasteiger partial charge in [-0.1, -0.05) is 67.7 Å². The van der Waals surface area contributed by atoms with Crippen LogP contribution in [0.4, 0.5) is 0 Å². The maximum absolute atomic E-state index is 11.7. The molecule has 7 heteroatoms. The van der Waals surface area contributed by atoms with Crippen LogP contribution in [0.15, 0.2) is 0 Å². The van der Waals surface area contributed by atoms with Crippen molar-refractivity contribution in [2.45, 2.75) is 138 Å². The van der Waals surface area contributed by atoms with Gasteiger partial charge in [0.1, 0.15) is 0 Å². The van der Waals surface area contributed by atoms with Crippen LogP contribution >= 0.6 is 7.82 Å². The Morgan fingerprint density at radius 2 is 1.16 bits per heavy atom. The molecule has 32 heavy (non-hydrogen) atoms. The Labute approximate surface area is 198 Å². The van der Waals surface area contributed by atoms with Gasteiger partial charge in [-0.25, -0.2) is 4.57 Å². The van der Waals surface area contributed by atoms with Crippen molar-refractivity contribution in [1.29, 1.82) is 0 Å². The van der Waals surface area contributed by atoms with Crippen LogP contribution in [0, 0.1) is 16.7 Å². The van der Waals surface area contributed by atoms with E-state index in [0.717, 1.165) is 51.4 Å². The Bertz CT molecular complexity index is 527. The Morgan fingerprint density at radius 1 is 0.750 bits per heavy atom. The Morgan fingerprint density at radius 3 is 1.47 bits per heavy atom. The highest BCUT2D eigenvalue weighted by Crippen LogP contribution is 2.50. The van der Waals surface area contributed by atoms with E-state index in [0.29, 0.717) is 12.8 Å². The summed E-state index contributed by atoms with van der Waals surface area (Å²) in [6, 6.07) is 0. The molecule has 0 bridgehead atoms. The molecule has 194 valence electrons. The highest BCUT2D eigenvalue weighted by molar-refractivity contribution is 7.46. The second-order valence-electron chi connectivity index (χ2n) is 9.48. The molecule has 0 aromatic heterocycles. The lowest BCUT2D eigenvalue weighted by Gasteiger charge is -2.50. The van der Waals surface area contributed by atoms with Gasteiger partial charge in [-0.3, -0.25) is 4.52 Å². The fourth-order valence-corrected chi connectivity index (χ4v) is 6.63. The van der Waals surface area contributed by atoms with Crippen molar-refractivity contribution in [2.24, 2.45) is 16.7 Å². The van der Waals surface area contributed by atoms with Crippen LogP contribution in [0.5, 0.6) is 0 Å². The normalized spacial score (nSPS) is 17.2. The van der Waals surface area contributed by atoms with Crippen LogP contribution in [0.3, 0.4) is 0 Å². The van der Waals surface area contributed by atoms with E-state index in [1.54, 1.807) is 6.92 Å². The third-order valence-corrected chi connectivity index (χ3v) is 8.71. The molecule has 4 atom stereocenters. The van der Waals surface area contributed by atoms with Crippen molar-refractivity contribution in [2.75, 3.05) is 6.61 Å². The highest BCUT2D eigenvalue weighted by atomic mass is 31.2. The molecule has 0 spiro atoms. The Balaban J connectivity index is 6.39. The number of rotatable bonds is 19. The molecule has 3 N–H and O–H groups in total. The van der Waals surface area contributed by atoms with Crippen molar-refractivity contribution in [3.05, 3.63) is 0 Å². The number of aliphatic hydroxyl groups excluding tert-OH is 1. The molecule has 6 nitrogen and oxygen atoms in total. The molecule has 0 rings (SSSR count). The topological polar surface area (TPSA) is 96.2 Å². The van der Waals surface area contributed by atoms with Crippen molar-refractivity contribution >= 4 is 7.82 Å². The summed E-state index contributed by atoms with van der Waals surface area (Å²) in [6.07, 6.45) is 8.01. The molecule has 0 aliphatic rings. The summed E-state index contributed by atoms with van der Waals surface area (Å²) in [6.45, 7) is 16.9. The maximum atomic E-state index is 11.7. The maximum Gasteiger partial charge on any atom is 0.469 e. The average Bonchev–Trinajstić information content (AvgIpc) is 2.74. The minimum Gasteiger partial charge on any atom is -0.396 e. The summed E-state index contributed by atoms with van der Waals surface area (Å²) in [5.74, 6) is 0.169. The van der Waals surface area contributed by atoms with Crippen molar-refractivity contribution in [3.63, 3.8) is 0 Å². The first-order chi connectivity index (χ1) is 15.0. The summed E-state index contributed by atoms with van der Waals surface area (Å²) in [5.41, 5.74) is -0.636.